The number of likely N-dealkylation sites (tertiary alicyclic amines) is 1. The average Bonchev–Trinajstić information content (AvgIpc) is 2.24. The summed E-state index contributed by atoms with van der Waals surface area (Å²) in [5.41, 5.74) is 0. The van der Waals surface area contributed by atoms with Crippen LogP contribution in [-0.2, 0) is 19.6 Å². The maximum Gasteiger partial charge on any atom is 0.248 e. The molecule has 1 heterocycles. The highest BCUT2D eigenvalue weighted by Crippen LogP contribution is 2.11. The molecule has 0 bridgehead atoms. The molecule has 6 nitrogen and oxygen atoms in total. The van der Waals surface area contributed by atoms with E-state index in [-0.39, 0.29) is 18.6 Å². The van der Waals surface area contributed by atoms with E-state index in [4.69, 9.17) is 4.74 Å². The molecule has 0 aromatic rings. The van der Waals surface area contributed by atoms with Gasteiger partial charge in [0.15, 0.2) is 0 Å². The smallest absolute Gasteiger partial charge is 0.248 e. The number of sulfonamides is 1. The maximum absolute atomic E-state index is 11.7. The Morgan fingerprint density at radius 1 is 1.53 bits per heavy atom. The Balaban J connectivity index is 2.46. The number of amides is 1. The zero-order valence-electron chi connectivity index (χ0n) is 10.3. The van der Waals surface area contributed by atoms with E-state index in [1.165, 1.54) is 0 Å². The SMILES string of the molecule is CCOCC(=O)N1CCCC(NS(C)(=O)=O)C1. The number of hydrogen-bond donors (Lipinski definition) is 1. The lowest BCUT2D eigenvalue weighted by Crippen LogP contribution is -2.50. The summed E-state index contributed by atoms with van der Waals surface area (Å²) in [5.74, 6) is -0.0770. The van der Waals surface area contributed by atoms with Crippen LogP contribution < -0.4 is 4.72 Å². The van der Waals surface area contributed by atoms with Crippen LogP contribution in [0.15, 0.2) is 0 Å². The number of nitrogens with zero attached hydrogens (tertiary/aromatic N) is 1. The number of hydrogen-bond acceptors (Lipinski definition) is 4. The molecule has 7 heteroatoms. The molecule has 1 amide bonds. The van der Waals surface area contributed by atoms with E-state index >= 15 is 0 Å². The molecule has 1 N–H and O–H groups in total. The highest BCUT2D eigenvalue weighted by atomic mass is 32.2. The third-order valence-corrected chi connectivity index (χ3v) is 3.35. The van der Waals surface area contributed by atoms with E-state index in [1.807, 2.05) is 6.92 Å². The summed E-state index contributed by atoms with van der Waals surface area (Å²) in [4.78, 5) is 13.3. The van der Waals surface area contributed by atoms with Gasteiger partial charge in [0.25, 0.3) is 0 Å². The number of piperidine rings is 1. The molecule has 100 valence electrons. The monoisotopic (exact) mass is 264 g/mol. The zero-order chi connectivity index (χ0) is 12.9. The van der Waals surface area contributed by atoms with Crippen molar-refractivity contribution in [1.29, 1.82) is 0 Å². The first-order valence-corrected chi connectivity index (χ1v) is 7.64. The molecule has 1 unspecified atom stereocenters. The van der Waals surface area contributed by atoms with Gasteiger partial charge >= 0.3 is 0 Å². The fourth-order valence-electron chi connectivity index (χ4n) is 1.88. The van der Waals surface area contributed by atoms with E-state index in [2.05, 4.69) is 4.72 Å². The molecule has 1 aliphatic rings. The summed E-state index contributed by atoms with van der Waals surface area (Å²) in [6.45, 7) is 3.51. The summed E-state index contributed by atoms with van der Waals surface area (Å²) in [6.07, 6.45) is 2.71. The van der Waals surface area contributed by atoms with Crippen LogP contribution >= 0.6 is 0 Å². The average molecular weight is 264 g/mol. The molecule has 0 spiro atoms. The fourth-order valence-corrected chi connectivity index (χ4v) is 2.68. The molecule has 1 fully saturated rings. The van der Waals surface area contributed by atoms with Crippen LogP contribution in [-0.4, -0.2) is 57.8 Å². The van der Waals surface area contributed by atoms with Crippen LogP contribution in [0.5, 0.6) is 0 Å². The fraction of sp³-hybridized carbons (Fsp3) is 0.900. The molecule has 1 atom stereocenters. The van der Waals surface area contributed by atoms with Crippen molar-refractivity contribution in [2.24, 2.45) is 0 Å². The minimum absolute atomic E-state index is 0.0715. The van der Waals surface area contributed by atoms with Gasteiger partial charge in [-0.15, -0.1) is 0 Å². The first-order chi connectivity index (χ1) is 7.92. The predicted octanol–water partition coefficient (Wildman–Crippen LogP) is -0.437. The Labute approximate surface area is 102 Å². The van der Waals surface area contributed by atoms with Crippen molar-refractivity contribution in [3.63, 3.8) is 0 Å². The summed E-state index contributed by atoms with van der Waals surface area (Å²) in [7, 11) is -3.21. The second-order valence-corrected chi connectivity index (χ2v) is 5.99. The number of ether oxygens (including phenoxy) is 1. The van der Waals surface area contributed by atoms with Crippen molar-refractivity contribution in [2.75, 3.05) is 32.6 Å². The second kappa shape index (κ2) is 6.32. The molecule has 0 radical (unpaired) electrons. The quantitative estimate of drug-likeness (QED) is 0.730. The molecular formula is C10H20N2O4S. The van der Waals surface area contributed by atoms with E-state index in [0.29, 0.717) is 19.7 Å². The summed E-state index contributed by atoms with van der Waals surface area (Å²) >= 11 is 0. The Hall–Kier alpha value is -0.660. The summed E-state index contributed by atoms with van der Waals surface area (Å²) in [5, 5.41) is 0. The molecule has 1 aliphatic heterocycles. The standard InChI is InChI=1S/C10H20N2O4S/c1-3-16-8-10(13)12-6-4-5-9(7-12)11-17(2,14)15/h9,11H,3-8H2,1-2H3. The van der Waals surface area contributed by atoms with E-state index in [9.17, 15) is 13.2 Å². The largest absolute Gasteiger partial charge is 0.372 e. The van der Waals surface area contributed by atoms with Gasteiger partial charge in [0.2, 0.25) is 15.9 Å². The van der Waals surface area contributed by atoms with Crippen molar-refractivity contribution in [2.45, 2.75) is 25.8 Å². The van der Waals surface area contributed by atoms with E-state index in [0.717, 1.165) is 19.1 Å². The first-order valence-electron chi connectivity index (χ1n) is 5.75. The van der Waals surface area contributed by atoms with Crippen LogP contribution in [0.1, 0.15) is 19.8 Å². The normalized spacial score (nSPS) is 21.5. The lowest BCUT2D eigenvalue weighted by Gasteiger charge is -2.32. The van der Waals surface area contributed by atoms with Crippen LogP contribution in [0.2, 0.25) is 0 Å². The van der Waals surface area contributed by atoms with E-state index in [1.54, 1.807) is 4.90 Å². The lowest BCUT2D eigenvalue weighted by atomic mass is 10.1. The van der Waals surface area contributed by atoms with Crippen LogP contribution in [0, 0.1) is 0 Å². The van der Waals surface area contributed by atoms with Gasteiger partial charge in [-0.3, -0.25) is 4.79 Å². The summed E-state index contributed by atoms with van der Waals surface area (Å²) in [6, 6.07) is -0.177. The number of nitrogens with one attached hydrogen (secondary N) is 1. The van der Waals surface area contributed by atoms with Crippen LogP contribution in [0.3, 0.4) is 0 Å². The Morgan fingerprint density at radius 2 is 2.24 bits per heavy atom. The second-order valence-electron chi connectivity index (χ2n) is 4.21. The minimum Gasteiger partial charge on any atom is -0.372 e. The topological polar surface area (TPSA) is 75.7 Å². The van der Waals surface area contributed by atoms with Gasteiger partial charge in [0, 0.05) is 25.7 Å². The first kappa shape index (κ1) is 14.4. The number of carbonyl (C=O) groups excluding carboxylic acids is 1. The van der Waals surface area contributed by atoms with Gasteiger partial charge in [0.05, 0.1) is 6.26 Å². The van der Waals surface area contributed by atoms with Gasteiger partial charge in [0.1, 0.15) is 6.61 Å². The molecule has 0 aliphatic carbocycles. The van der Waals surface area contributed by atoms with Crippen LogP contribution in [0.4, 0.5) is 0 Å². The van der Waals surface area contributed by atoms with Crippen molar-refractivity contribution in [1.82, 2.24) is 9.62 Å². The molecule has 1 rings (SSSR count). The highest BCUT2D eigenvalue weighted by Gasteiger charge is 2.25. The maximum atomic E-state index is 11.7. The molecule has 0 aromatic carbocycles. The minimum atomic E-state index is -3.21. The van der Waals surface area contributed by atoms with Gasteiger partial charge in [-0.1, -0.05) is 0 Å². The summed E-state index contributed by atoms with van der Waals surface area (Å²) < 4.78 is 29.8. The van der Waals surface area contributed by atoms with Crippen molar-refractivity contribution in [3.8, 4) is 0 Å². The Bertz CT molecular complexity index is 355. The third-order valence-electron chi connectivity index (χ3n) is 2.58. The van der Waals surface area contributed by atoms with Crippen LogP contribution in [0.25, 0.3) is 0 Å². The van der Waals surface area contributed by atoms with Gasteiger partial charge in [-0.2, -0.15) is 0 Å². The van der Waals surface area contributed by atoms with Crippen molar-refractivity contribution >= 4 is 15.9 Å². The molecule has 1 saturated heterocycles. The van der Waals surface area contributed by atoms with Gasteiger partial charge < -0.3 is 9.64 Å². The van der Waals surface area contributed by atoms with E-state index < -0.39 is 10.0 Å². The highest BCUT2D eigenvalue weighted by molar-refractivity contribution is 7.88. The predicted molar refractivity (Wildman–Crippen MR) is 64.1 cm³/mol. The lowest BCUT2D eigenvalue weighted by molar-refractivity contribution is -0.137. The van der Waals surface area contributed by atoms with Crippen molar-refractivity contribution in [3.05, 3.63) is 0 Å². The number of carbonyl (C=O) groups is 1. The van der Waals surface area contributed by atoms with Gasteiger partial charge in [-0.05, 0) is 19.8 Å². The molecule has 17 heavy (non-hydrogen) atoms. The molecule has 0 saturated carbocycles. The van der Waals surface area contributed by atoms with Gasteiger partial charge in [-0.25, -0.2) is 13.1 Å². The Morgan fingerprint density at radius 3 is 2.82 bits per heavy atom. The molecule has 0 aromatic heterocycles. The third kappa shape index (κ3) is 5.47. The molecular weight excluding hydrogens is 244 g/mol. The Kier molecular flexibility index (Phi) is 5.35. The van der Waals surface area contributed by atoms with Crippen molar-refractivity contribution < 1.29 is 17.9 Å². The number of rotatable bonds is 5. The zero-order valence-corrected chi connectivity index (χ0v) is 11.1.